The molecule has 1 N–H and O–H groups in total. The number of fused-ring (bicyclic) bond motifs is 1. The first-order valence-corrected chi connectivity index (χ1v) is 4.05. The molecule has 0 bridgehead atoms. The molecule has 1 aromatic heterocycles. The van der Waals surface area contributed by atoms with Crippen molar-refractivity contribution in [2.24, 2.45) is 0 Å². The first kappa shape index (κ1) is 8.62. The van der Waals surface area contributed by atoms with Gasteiger partial charge in [0.2, 0.25) is 6.41 Å². The van der Waals surface area contributed by atoms with E-state index in [4.69, 9.17) is 0 Å². The highest BCUT2D eigenvalue weighted by Gasteiger charge is 2.01. The molecule has 0 aliphatic carbocycles. The van der Waals surface area contributed by atoms with Gasteiger partial charge < -0.3 is 5.32 Å². The van der Waals surface area contributed by atoms with Gasteiger partial charge in [-0.15, -0.1) is 0 Å². The first-order valence-electron chi connectivity index (χ1n) is 4.05. The summed E-state index contributed by atoms with van der Waals surface area (Å²) in [6, 6.07) is 4.97. The number of halogens is 1. The largest absolute Gasteiger partial charge is 0.329 e. The molecule has 1 aromatic carbocycles. The topological polar surface area (TPSA) is 42.0 Å². The van der Waals surface area contributed by atoms with Crippen molar-refractivity contribution in [2.45, 2.75) is 0 Å². The summed E-state index contributed by atoms with van der Waals surface area (Å²) in [6.07, 6.45) is 3.27. The Morgan fingerprint density at radius 2 is 2.21 bits per heavy atom. The number of hydrogen-bond donors (Lipinski definition) is 1. The smallest absolute Gasteiger partial charge is 0.211 e. The Morgan fingerprint density at radius 3 is 3.00 bits per heavy atom. The summed E-state index contributed by atoms with van der Waals surface area (Å²) in [7, 11) is 0. The van der Waals surface area contributed by atoms with Crippen molar-refractivity contribution in [3.05, 3.63) is 36.4 Å². The minimum atomic E-state index is -0.392. The molecule has 1 heterocycles. The second-order valence-corrected chi connectivity index (χ2v) is 2.82. The Hall–Kier alpha value is -1.97. The van der Waals surface area contributed by atoms with Gasteiger partial charge in [0.25, 0.3) is 0 Å². The fourth-order valence-corrected chi connectivity index (χ4v) is 1.29. The number of benzene rings is 1. The predicted molar refractivity (Wildman–Crippen MR) is 51.4 cm³/mol. The van der Waals surface area contributed by atoms with Gasteiger partial charge in [-0.1, -0.05) is 6.07 Å². The minimum absolute atomic E-state index is 0.392. The highest BCUT2D eigenvalue weighted by Crippen LogP contribution is 2.20. The van der Waals surface area contributed by atoms with Crippen LogP contribution in [0.4, 0.5) is 10.1 Å². The second kappa shape index (κ2) is 3.41. The lowest BCUT2D eigenvalue weighted by molar-refractivity contribution is -0.105. The number of rotatable bonds is 2. The van der Waals surface area contributed by atoms with Crippen LogP contribution in [0.5, 0.6) is 0 Å². The molecule has 4 heteroatoms. The van der Waals surface area contributed by atoms with Gasteiger partial charge in [-0.05, 0) is 12.1 Å². The average Bonchev–Trinajstić information content (AvgIpc) is 2.20. The third-order valence-corrected chi connectivity index (χ3v) is 1.94. The standard InChI is InChI=1S/C10H7FN2O/c11-10-5-12-4-7-1-2-8(13-6-14)3-9(7)10/h1-6H,(H,13,14). The van der Waals surface area contributed by atoms with E-state index < -0.39 is 5.82 Å². The lowest BCUT2D eigenvalue weighted by atomic mass is 10.1. The van der Waals surface area contributed by atoms with Crippen LogP contribution in [-0.2, 0) is 4.79 Å². The molecule has 2 aromatic rings. The van der Waals surface area contributed by atoms with Gasteiger partial charge in [0.1, 0.15) is 5.82 Å². The highest BCUT2D eigenvalue weighted by atomic mass is 19.1. The first-order chi connectivity index (χ1) is 6.81. The number of nitrogens with one attached hydrogen (secondary N) is 1. The van der Waals surface area contributed by atoms with Crippen molar-refractivity contribution in [1.82, 2.24) is 4.98 Å². The van der Waals surface area contributed by atoms with Gasteiger partial charge in [-0.2, -0.15) is 0 Å². The third-order valence-electron chi connectivity index (χ3n) is 1.94. The van der Waals surface area contributed by atoms with Gasteiger partial charge >= 0.3 is 0 Å². The van der Waals surface area contributed by atoms with Crippen molar-refractivity contribution in [1.29, 1.82) is 0 Å². The van der Waals surface area contributed by atoms with Crippen molar-refractivity contribution in [2.75, 3.05) is 5.32 Å². The predicted octanol–water partition coefficient (Wildman–Crippen LogP) is 1.94. The van der Waals surface area contributed by atoms with E-state index >= 15 is 0 Å². The van der Waals surface area contributed by atoms with Crippen LogP contribution < -0.4 is 5.32 Å². The Morgan fingerprint density at radius 1 is 1.36 bits per heavy atom. The van der Waals surface area contributed by atoms with Crippen LogP contribution >= 0.6 is 0 Å². The Labute approximate surface area is 79.6 Å². The zero-order valence-electron chi connectivity index (χ0n) is 7.20. The molecule has 0 fully saturated rings. The molecule has 0 saturated heterocycles. The lowest BCUT2D eigenvalue weighted by Gasteiger charge is -2.01. The Balaban J connectivity index is 2.63. The van der Waals surface area contributed by atoms with E-state index in [0.717, 1.165) is 6.20 Å². The lowest BCUT2D eigenvalue weighted by Crippen LogP contribution is -1.93. The number of pyridine rings is 1. The number of anilines is 1. The van der Waals surface area contributed by atoms with E-state index in [0.29, 0.717) is 22.9 Å². The molecule has 0 aliphatic heterocycles. The molecule has 1 amide bonds. The maximum atomic E-state index is 13.2. The van der Waals surface area contributed by atoms with Crippen LogP contribution in [-0.4, -0.2) is 11.4 Å². The number of carbonyl (C=O) groups is 1. The number of carbonyl (C=O) groups excluding carboxylic acids is 1. The number of hydrogen-bond acceptors (Lipinski definition) is 2. The number of amides is 1. The molecular formula is C10H7FN2O. The molecular weight excluding hydrogens is 183 g/mol. The summed E-state index contributed by atoms with van der Waals surface area (Å²) < 4.78 is 13.2. The van der Waals surface area contributed by atoms with Crippen molar-refractivity contribution in [3.8, 4) is 0 Å². The highest BCUT2D eigenvalue weighted by molar-refractivity contribution is 5.87. The van der Waals surface area contributed by atoms with Gasteiger partial charge in [0.15, 0.2) is 0 Å². The summed E-state index contributed by atoms with van der Waals surface area (Å²) in [6.45, 7) is 0. The van der Waals surface area contributed by atoms with Gasteiger partial charge in [0.05, 0.1) is 6.20 Å². The molecule has 3 nitrogen and oxygen atoms in total. The molecule has 70 valence electrons. The zero-order chi connectivity index (χ0) is 9.97. The molecule has 0 aliphatic rings. The minimum Gasteiger partial charge on any atom is -0.329 e. The molecule has 0 radical (unpaired) electrons. The van der Waals surface area contributed by atoms with Crippen LogP contribution in [0.15, 0.2) is 30.6 Å². The fraction of sp³-hybridized carbons (Fsp3) is 0. The van der Waals surface area contributed by atoms with E-state index in [1.165, 1.54) is 0 Å². The summed E-state index contributed by atoms with van der Waals surface area (Å²) in [5.74, 6) is -0.392. The Bertz CT molecular complexity index is 485. The molecule has 2 rings (SSSR count). The summed E-state index contributed by atoms with van der Waals surface area (Å²) >= 11 is 0. The zero-order valence-corrected chi connectivity index (χ0v) is 7.20. The quantitative estimate of drug-likeness (QED) is 0.735. The number of nitrogens with zero attached hydrogens (tertiary/aromatic N) is 1. The Kier molecular flexibility index (Phi) is 2.10. The molecule has 0 unspecified atom stereocenters. The van der Waals surface area contributed by atoms with Gasteiger partial charge in [-0.3, -0.25) is 9.78 Å². The summed E-state index contributed by atoms with van der Waals surface area (Å²) in [5.41, 5.74) is 0.567. The van der Waals surface area contributed by atoms with Crippen LogP contribution in [0.1, 0.15) is 0 Å². The van der Waals surface area contributed by atoms with Gasteiger partial charge in [0, 0.05) is 22.7 Å². The SMILES string of the molecule is O=CNc1ccc2cncc(F)c2c1. The second-order valence-electron chi connectivity index (χ2n) is 2.82. The van der Waals surface area contributed by atoms with E-state index in [2.05, 4.69) is 10.3 Å². The van der Waals surface area contributed by atoms with E-state index in [1.807, 2.05) is 0 Å². The van der Waals surface area contributed by atoms with Crippen molar-refractivity contribution >= 4 is 22.9 Å². The van der Waals surface area contributed by atoms with Crippen LogP contribution in [0.2, 0.25) is 0 Å². The van der Waals surface area contributed by atoms with Crippen LogP contribution in [0.25, 0.3) is 10.8 Å². The van der Waals surface area contributed by atoms with Crippen molar-refractivity contribution in [3.63, 3.8) is 0 Å². The normalized spacial score (nSPS) is 10.1. The van der Waals surface area contributed by atoms with E-state index in [-0.39, 0.29) is 0 Å². The molecule has 14 heavy (non-hydrogen) atoms. The number of aromatic nitrogens is 1. The maximum Gasteiger partial charge on any atom is 0.211 e. The van der Waals surface area contributed by atoms with Gasteiger partial charge in [-0.25, -0.2) is 4.39 Å². The van der Waals surface area contributed by atoms with Crippen LogP contribution in [0, 0.1) is 5.82 Å². The van der Waals surface area contributed by atoms with Crippen molar-refractivity contribution < 1.29 is 9.18 Å². The third kappa shape index (κ3) is 1.42. The molecule has 0 atom stereocenters. The fourth-order valence-electron chi connectivity index (χ4n) is 1.29. The molecule has 0 spiro atoms. The van der Waals surface area contributed by atoms with Crippen LogP contribution in [0.3, 0.4) is 0 Å². The average molecular weight is 190 g/mol. The van der Waals surface area contributed by atoms with E-state index in [9.17, 15) is 9.18 Å². The van der Waals surface area contributed by atoms with E-state index in [1.54, 1.807) is 24.4 Å². The summed E-state index contributed by atoms with van der Waals surface area (Å²) in [5, 5.41) is 3.62. The molecule has 0 saturated carbocycles. The monoisotopic (exact) mass is 190 g/mol. The summed E-state index contributed by atoms with van der Waals surface area (Å²) in [4.78, 5) is 13.9. The maximum absolute atomic E-state index is 13.2.